The van der Waals surface area contributed by atoms with Gasteiger partial charge in [-0.2, -0.15) is 0 Å². The van der Waals surface area contributed by atoms with Gasteiger partial charge < -0.3 is 0 Å². The number of hydrogen-bond donors (Lipinski definition) is 0. The summed E-state index contributed by atoms with van der Waals surface area (Å²) >= 11 is 0. The van der Waals surface area contributed by atoms with Crippen molar-refractivity contribution >= 4 is 0 Å². The van der Waals surface area contributed by atoms with Crippen molar-refractivity contribution in [1.29, 1.82) is 0 Å². The molecule has 0 fully saturated rings. The maximum absolute atomic E-state index is 4.97. The topological polar surface area (TPSA) is 21.7 Å². The summed E-state index contributed by atoms with van der Waals surface area (Å²) in [5.41, 5.74) is 0. The van der Waals surface area contributed by atoms with Crippen LogP contribution < -0.4 is 0 Å². The molecule has 0 aliphatic rings. The number of rotatable bonds is 5. The highest BCUT2D eigenvalue weighted by Crippen LogP contribution is 2.10. The Bertz CT molecular complexity index is 92.1. The summed E-state index contributed by atoms with van der Waals surface area (Å²) in [6.45, 7) is 6.44. The van der Waals surface area contributed by atoms with Crippen LogP contribution in [0, 0.1) is 5.92 Å². The van der Waals surface area contributed by atoms with Crippen molar-refractivity contribution in [2.75, 3.05) is 14.2 Å². The molecule has 0 aliphatic carbocycles. The van der Waals surface area contributed by atoms with E-state index in [4.69, 9.17) is 9.68 Å². The summed E-state index contributed by atoms with van der Waals surface area (Å²) in [4.78, 5) is 9.95. The molecule has 0 saturated heterocycles. The molecule has 0 aromatic carbocycles. The van der Waals surface area contributed by atoms with Crippen molar-refractivity contribution in [3.63, 3.8) is 0 Å². The Morgan fingerprint density at radius 1 is 1.09 bits per heavy atom. The van der Waals surface area contributed by atoms with Crippen LogP contribution in [0.2, 0.25) is 0 Å². The van der Waals surface area contributed by atoms with E-state index in [1.807, 2.05) is 0 Å². The fraction of sp³-hybridized carbons (Fsp3) is 1.00. The van der Waals surface area contributed by atoms with Gasteiger partial charge in [0.2, 0.25) is 0 Å². The second-order valence-corrected chi connectivity index (χ2v) is 3.13. The van der Waals surface area contributed by atoms with Gasteiger partial charge in [-0.05, 0) is 19.3 Å². The van der Waals surface area contributed by atoms with Gasteiger partial charge in [0.1, 0.15) is 0 Å². The summed E-state index contributed by atoms with van der Waals surface area (Å²) in [5, 5.41) is 1.51. The van der Waals surface area contributed by atoms with Crippen molar-refractivity contribution in [2.45, 2.75) is 33.2 Å². The Morgan fingerprint density at radius 2 is 1.55 bits per heavy atom. The van der Waals surface area contributed by atoms with E-state index in [-0.39, 0.29) is 0 Å². The molecule has 0 saturated carbocycles. The molecular weight excluding hydrogens is 142 g/mol. The summed E-state index contributed by atoms with van der Waals surface area (Å²) in [6.07, 6.45) is 1.07. The number of nitrogens with zero attached hydrogens (tertiary/aromatic N) is 1. The summed E-state index contributed by atoms with van der Waals surface area (Å²) in [7, 11) is 3.22. The average Bonchev–Trinajstić information content (AvgIpc) is 1.88. The zero-order valence-corrected chi connectivity index (χ0v) is 8.13. The molecule has 3 nitrogen and oxygen atoms in total. The maximum Gasteiger partial charge on any atom is 0.0602 e. The molecule has 3 heteroatoms. The van der Waals surface area contributed by atoms with Crippen LogP contribution in [0.4, 0.5) is 0 Å². The van der Waals surface area contributed by atoms with E-state index in [1.165, 1.54) is 5.23 Å². The molecule has 68 valence electrons. The van der Waals surface area contributed by atoms with Crippen molar-refractivity contribution in [1.82, 2.24) is 5.23 Å². The van der Waals surface area contributed by atoms with E-state index in [0.29, 0.717) is 12.0 Å². The minimum Gasteiger partial charge on any atom is -0.277 e. The molecule has 0 radical (unpaired) electrons. The van der Waals surface area contributed by atoms with Crippen LogP contribution in [-0.4, -0.2) is 25.5 Å². The zero-order valence-electron chi connectivity index (χ0n) is 8.13. The highest BCUT2D eigenvalue weighted by atomic mass is 16.9. The molecule has 0 bridgehead atoms. The Balaban J connectivity index is 3.68. The van der Waals surface area contributed by atoms with Gasteiger partial charge in [0.05, 0.1) is 20.3 Å². The predicted octanol–water partition coefficient (Wildman–Crippen LogP) is 1.85. The van der Waals surface area contributed by atoms with Crippen LogP contribution in [0.3, 0.4) is 0 Å². The molecule has 0 rings (SSSR count). The van der Waals surface area contributed by atoms with Gasteiger partial charge in [-0.15, -0.1) is 0 Å². The van der Waals surface area contributed by atoms with Gasteiger partial charge in [-0.1, -0.05) is 19.1 Å². The second-order valence-electron chi connectivity index (χ2n) is 3.13. The minimum absolute atomic E-state index is 0.310. The monoisotopic (exact) mass is 161 g/mol. The van der Waals surface area contributed by atoms with E-state index in [0.717, 1.165) is 6.42 Å². The number of hydroxylamine groups is 2. The number of hydrogen-bond acceptors (Lipinski definition) is 3. The SMILES string of the molecule is CON(OC)C(C)CC(C)C. The lowest BCUT2D eigenvalue weighted by Gasteiger charge is -2.24. The van der Waals surface area contributed by atoms with Crippen molar-refractivity contribution < 1.29 is 9.68 Å². The Labute approximate surface area is 69.2 Å². The molecular formula is C8H19NO2. The molecule has 0 aromatic rings. The first-order valence-electron chi connectivity index (χ1n) is 3.99. The molecule has 11 heavy (non-hydrogen) atoms. The third-order valence-corrected chi connectivity index (χ3v) is 1.53. The van der Waals surface area contributed by atoms with E-state index in [1.54, 1.807) is 14.2 Å². The van der Waals surface area contributed by atoms with Crippen LogP contribution in [0.15, 0.2) is 0 Å². The first-order valence-corrected chi connectivity index (χ1v) is 3.99. The third kappa shape index (κ3) is 4.35. The molecule has 1 unspecified atom stereocenters. The highest BCUT2D eigenvalue weighted by molar-refractivity contribution is 4.56. The lowest BCUT2D eigenvalue weighted by Crippen LogP contribution is -2.32. The van der Waals surface area contributed by atoms with E-state index in [2.05, 4.69) is 20.8 Å². The normalized spacial score (nSPS) is 14.5. The molecule has 0 amide bonds. The molecule has 1 atom stereocenters. The average molecular weight is 161 g/mol. The minimum atomic E-state index is 0.310. The fourth-order valence-corrected chi connectivity index (χ4v) is 1.20. The van der Waals surface area contributed by atoms with Crippen molar-refractivity contribution in [2.24, 2.45) is 5.92 Å². The molecule has 0 aromatic heterocycles. The van der Waals surface area contributed by atoms with Gasteiger partial charge in [-0.3, -0.25) is 9.68 Å². The maximum atomic E-state index is 4.97. The molecule has 0 heterocycles. The largest absolute Gasteiger partial charge is 0.277 e. The van der Waals surface area contributed by atoms with E-state index < -0.39 is 0 Å². The van der Waals surface area contributed by atoms with Crippen molar-refractivity contribution in [3.05, 3.63) is 0 Å². The fourth-order valence-electron chi connectivity index (χ4n) is 1.20. The van der Waals surface area contributed by atoms with Gasteiger partial charge in [0.15, 0.2) is 0 Å². The summed E-state index contributed by atoms with van der Waals surface area (Å²) in [5.74, 6) is 0.665. The Kier molecular flexibility index (Phi) is 5.46. The smallest absolute Gasteiger partial charge is 0.0602 e. The lowest BCUT2D eigenvalue weighted by molar-refractivity contribution is -0.363. The van der Waals surface area contributed by atoms with E-state index in [9.17, 15) is 0 Å². The summed E-state index contributed by atoms with van der Waals surface area (Å²) in [6, 6.07) is 0.310. The Hall–Kier alpha value is -0.120. The molecule has 0 N–H and O–H groups in total. The predicted molar refractivity (Wildman–Crippen MR) is 44.8 cm³/mol. The third-order valence-electron chi connectivity index (χ3n) is 1.53. The second kappa shape index (κ2) is 5.52. The van der Waals surface area contributed by atoms with Crippen LogP contribution in [-0.2, 0) is 9.68 Å². The van der Waals surface area contributed by atoms with Gasteiger partial charge in [0.25, 0.3) is 0 Å². The van der Waals surface area contributed by atoms with Crippen LogP contribution >= 0.6 is 0 Å². The van der Waals surface area contributed by atoms with Crippen LogP contribution in [0.5, 0.6) is 0 Å². The van der Waals surface area contributed by atoms with Crippen LogP contribution in [0.1, 0.15) is 27.2 Å². The molecule has 0 spiro atoms. The highest BCUT2D eigenvalue weighted by Gasteiger charge is 2.13. The molecule has 0 aliphatic heterocycles. The Morgan fingerprint density at radius 3 is 1.82 bits per heavy atom. The van der Waals surface area contributed by atoms with Gasteiger partial charge >= 0.3 is 0 Å². The first-order chi connectivity index (χ1) is 5.11. The van der Waals surface area contributed by atoms with E-state index >= 15 is 0 Å². The first kappa shape index (κ1) is 10.9. The standard InChI is InChI=1S/C8H19NO2/c1-7(2)6-8(3)9(10-4)11-5/h7-8H,6H2,1-5H3. The summed E-state index contributed by atoms with van der Waals surface area (Å²) < 4.78 is 0. The van der Waals surface area contributed by atoms with Crippen molar-refractivity contribution in [3.8, 4) is 0 Å². The van der Waals surface area contributed by atoms with Crippen LogP contribution in [0.25, 0.3) is 0 Å². The van der Waals surface area contributed by atoms with Gasteiger partial charge in [-0.25, -0.2) is 0 Å². The quantitative estimate of drug-likeness (QED) is 0.574. The lowest BCUT2D eigenvalue weighted by atomic mass is 10.1. The zero-order chi connectivity index (χ0) is 8.85. The van der Waals surface area contributed by atoms with Gasteiger partial charge in [0, 0.05) is 0 Å².